The van der Waals surface area contributed by atoms with E-state index < -0.39 is 0 Å². The summed E-state index contributed by atoms with van der Waals surface area (Å²) in [5.41, 5.74) is 1.01. The molecule has 2 rings (SSSR count). The Kier molecular flexibility index (Phi) is 4.09. The van der Waals surface area contributed by atoms with Crippen LogP contribution in [-0.4, -0.2) is 42.0 Å². The molecule has 1 N–H and O–H groups in total. The number of nitrogens with zero attached hydrogens (tertiary/aromatic N) is 1. The number of rotatable bonds is 2. The minimum atomic E-state index is -0.302. The Balaban J connectivity index is 2.07. The van der Waals surface area contributed by atoms with Gasteiger partial charge in [-0.2, -0.15) is 0 Å². The quantitative estimate of drug-likeness (QED) is 0.897. The van der Waals surface area contributed by atoms with Crippen molar-refractivity contribution in [3.63, 3.8) is 0 Å². The molecular weight excluding hydrogens is 256 g/mol. The Morgan fingerprint density at radius 1 is 1.25 bits per heavy atom. The molecule has 2 amide bonds. The third kappa shape index (κ3) is 3.57. The number of morpholine rings is 1. The number of hydrogen-bond acceptors (Lipinski definition) is 3. The van der Waals surface area contributed by atoms with Gasteiger partial charge in [0.1, 0.15) is 0 Å². The maximum Gasteiger partial charge on any atom is 0.254 e. The van der Waals surface area contributed by atoms with Crippen LogP contribution in [0.3, 0.4) is 0 Å². The van der Waals surface area contributed by atoms with Crippen molar-refractivity contribution in [3.8, 4) is 0 Å². The molecule has 0 atom stereocenters. The summed E-state index contributed by atoms with van der Waals surface area (Å²) >= 11 is 0. The summed E-state index contributed by atoms with van der Waals surface area (Å²) in [4.78, 5) is 25.2. The maximum atomic E-state index is 12.4. The van der Waals surface area contributed by atoms with Crippen LogP contribution in [0, 0.1) is 0 Å². The van der Waals surface area contributed by atoms with Crippen LogP contribution in [0.5, 0.6) is 0 Å². The molecule has 1 saturated heterocycles. The van der Waals surface area contributed by atoms with Gasteiger partial charge in [0.15, 0.2) is 0 Å². The van der Waals surface area contributed by atoms with Crippen LogP contribution in [0.4, 0.5) is 5.69 Å². The molecule has 1 aliphatic heterocycles. The van der Waals surface area contributed by atoms with E-state index in [0.717, 1.165) is 0 Å². The Hall–Kier alpha value is -1.88. The molecule has 20 heavy (non-hydrogen) atoms. The fourth-order valence-electron chi connectivity index (χ4n) is 2.27. The van der Waals surface area contributed by atoms with Crippen LogP contribution in [0.2, 0.25) is 0 Å². The molecule has 0 aromatic heterocycles. The van der Waals surface area contributed by atoms with Crippen LogP contribution in [0.15, 0.2) is 24.3 Å². The van der Waals surface area contributed by atoms with E-state index in [1.807, 2.05) is 13.8 Å². The Morgan fingerprint density at radius 2 is 1.90 bits per heavy atom. The molecule has 0 bridgehead atoms. The number of benzene rings is 1. The molecule has 0 unspecified atom stereocenters. The van der Waals surface area contributed by atoms with Crippen LogP contribution < -0.4 is 5.32 Å². The highest BCUT2D eigenvalue weighted by atomic mass is 16.5. The zero-order valence-corrected chi connectivity index (χ0v) is 12.1. The smallest absolute Gasteiger partial charge is 0.254 e. The molecular formula is C15H20N2O3. The molecule has 108 valence electrons. The molecule has 1 heterocycles. The lowest BCUT2D eigenvalue weighted by atomic mass is 10.1. The number of amides is 2. The minimum Gasteiger partial charge on any atom is -0.372 e. The highest BCUT2D eigenvalue weighted by Crippen LogP contribution is 2.19. The van der Waals surface area contributed by atoms with Crippen molar-refractivity contribution in [2.24, 2.45) is 0 Å². The van der Waals surface area contributed by atoms with Gasteiger partial charge >= 0.3 is 0 Å². The zero-order chi connectivity index (χ0) is 14.8. The predicted molar refractivity (Wildman–Crippen MR) is 76.7 cm³/mol. The SMILES string of the molecule is CC(=O)Nc1ccc(C(=O)N2CCOC(C)(C)C2)cc1. The topological polar surface area (TPSA) is 58.6 Å². The van der Waals surface area contributed by atoms with E-state index >= 15 is 0 Å². The van der Waals surface area contributed by atoms with Crippen LogP contribution in [-0.2, 0) is 9.53 Å². The molecule has 0 aliphatic carbocycles. The number of carbonyl (C=O) groups excluding carboxylic acids is 2. The standard InChI is InChI=1S/C15H20N2O3/c1-11(18)16-13-6-4-12(5-7-13)14(19)17-8-9-20-15(2,3)10-17/h4-7H,8-10H2,1-3H3,(H,16,18). The van der Waals surface area contributed by atoms with Gasteiger partial charge in [-0.3, -0.25) is 9.59 Å². The second-order valence-electron chi connectivity index (χ2n) is 5.59. The van der Waals surface area contributed by atoms with Crippen molar-refractivity contribution in [1.29, 1.82) is 0 Å². The Bertz CT molecular complexity index is 508. The normalized spacial score (nSPS) is 17.6. The largest absolute Gasteiger partial charge is 0.372 e. The number of ether oxygens (including phenoxy) is 1. The number of anilines is 1. The monoisotopic (exact) mass is 276 g/mol. The number of nitrogens with one attached hydrogen (secondary N) is 1. The van der Waals surface area contributed by atoms with Crippen LogP contribution >= 0.6 is 0 Å². The first-order valence-corrected chi connectivity index (χ1v) is 6.68. The van der Waals surface area contributed by atoms with Crippen molar-refractivity contribution in [1.82, 2.24) is 4.90 Å². The third-order valence-electron chi connectivity index (χ3n) is 3.17. The fourth-order valence-corrected chi connectivity index (χ4v) is 2.27. The highest BCUT2D eigenvalue weighted by Gasteiger charge is 2.30. The first kappa shape index (κ1) is 14.5. The maximum absolute atomic E-state index is 12.4. The number of carbonyl (C=O) groups is 2. The van der Waals surface area contributed by atoms with Gasteiger partial charge in [0.05, 0.1) is 12.2 Å². The highest BCUT2D eigenvalue weighted by molar-refractivity contribution is 5.95. The van der Waals surface area contributed by atoms with E-state index in [4.69, 9.17) is 4.74 Å². The van der Waals surface area contributed by atoms with E-state index in [1.165, 1.54) is 6.92 Å². The van der Waals surface area contributed by atoms with Gasteiger partial charge in [0, 0.05) is 31.3 Å². The Morgan fingerprint density at radius 3 is 2.45 bits per heavy atom. The molecule has 1 aromatic carbocycles. The van der Waals surface area contributed by atoms with E-state index in [2.05, 4.69) is 5.32 Å². The number of hydrogen-bond donors (Lipinski definition) is 1. The summed E-state index contributed by atoms with van der Waals surface area (Å²) in [7, 11) is 0. The second-order valence-corrected chi connectivity index (χ2v) is 5.59. The summed E-state index contributed by atoms with van der Waals surface area (Å²) in [5, 5.41) is 2.68. The van der Waals surface area contributed by atoms with E-state index in [9.17, 15) is 9.59 Å². The van der Waals surface area contributed by atoms with Crippen LogP contribution in [0.1, 0.15) is 31.1 Å². The average Bonchev–Trinajstić information content (AvgIpc) is 2.37. The summed E-state index contributed by atoms with van der Waals surface area (Å²) in [6.45, 7) is 7.16. The van der Waals surface area contributed by atoms with Crippen molar-refractivity contribution in [2.45, 2.75) is 26.4 Å². The lowest BCUT2D eigenvalue weighted by Gasteiger charge is -2.38. The van der Waals surface area contributed by atoms with Gasteiger partial charge in [-0.05, 0) is 38.1 Å². The van der Waals surface area contributed by atoms with E-state index in [-0.39, 0.29) is 17.4 Å². The lowest BCUT2D eigenvalue weighted by molar-refractivity contribution is -0.114. The molecule has 0 radical (unpaired) electrons. The van der Waals surface area contributed by atoms with Gasteiger partial charge in [-0.1, -0.05) is 0 Å². The van der Waals surface area contributed by atoms with Crippen molar-refractivity contribution >= 4 is 17.5 Å². The molecule has 1 aromatic rings. The molecule has 5 heteroatoms. The predicted octanol–water partition coefficient (Wildman–Crippen LogP) is 1.90. The summed E-state index contributed by atoms with van der Waals surface area (Å²) < 4.78 is 5.60. The molecule has 1 fully saturated rings. The molecule has 5 nitrogen and oxygen atoms in total. The first-order chi connectivity index (χ1) is 9.37. The summed E-state index contributed by atoms with van der Waals surface area (Å²) in [5.74, 6) is -0.130. The lowest BCUT2D eigenvalue weighted by Crippen LogP contribution is -2.50. The van der Waals surface area contributed by atoms with E-state index in [1.54, 1.807) is 29.2 Å². The van der Waals surface area contributed by atoms with E-state index in [0.29, 0.717) is 30.9 Å². The van der Waals surface area contributed by atoms with Gasteiger partial charge in [-0.25, -0.2) is 0 Å². The molecule has 1 aliphatic rings. The van der Waals surface area contributed by atoms with Crippen LogP contribution in [0.25, 0.3) is 0 Å². The third-order valence-corrected chi connectivity index (χ3v) is 3.17. The van der Waals surface area contributed by atoms with Gasteiger partial charge in [0.25, 0.3) is 5.91 Å². The van der Waals surface area contributed by atoms with Crippen molar-refractivity contribution < 1.29 is 14.3 Å². The minimum absolute atomic E-state index is 0.00394. The molecule has 0 spiro atoms. The van der Waals surface area contributed by atoms with Crippen molar-refractivity contribution in [2.75, 3.05) is 25.0 Å². The summed E-state index contributed by atoms with van der Waals surface area (Å²) in [6.07, 6.45) is 0. The molecule has 0 saturated carbocycles. The van der Waals surface area contributed by atoms with Gasteiger partial charge in [-0.15, -0.1) is 0 Å². The van der Waals surface area contributed by atoms with Gasteiger partial charge < -0.3 is 15.0 Å². The van der Waals surface area contributed by atoms with Crippen molar-refractivity contribution in [3.05, 3.63) is 29.8 Å². The zero-order valence-electron chi connectivity index (χ0n) is 12.1. The Labute approximate surface area is 118 Å². The fraction of sp³-hybridized carbons (Fsp3) is 0.467. The second kappa shape index (κ2) is 5.63. The average molecular weight is 276 g/mol. The summed E-state index contributed by atoms with van der Waals surface area (Å²) in [6, 6.07) is 6.94. The first-order valence-electron chi connectivity index (χ1n) is 6.68. The van der Waals surface area contributed by atoms with Gasteiger partial charge in [0.2, 0.25) is 5.91 Å².